The standard InChI is InChI=1S/C13H19ClN4O2/c1-20-8-9-3-2-6-18(7-9)13(19)12-10(14)4-5-11(16-12)17-15/h4-5,9H,2-3,6-8,15H2,1H3,(H,16,17). The van der Waals surface area contributed by atoms with Gasteiger partial charge in [0.25, 0.3) is 5.91 Å². The van der Waals surface area contributed by atoms with Gasteiger partial charge in [-0.25, -0.2) is 10.8 Å². The van der Waals surface area contributed by atoms with Crippen LogP contribution < -0.4 is 11.3 Å². The molecule has 7 heteroatoms. The number of amides is 1. The van der Waals surface area contributed by atoms with E-state index in [-0.39, 0.29) is 11.6 Å². The van der Waals surface area contributed by atoms with Gasteiger partial charge in [-0.2, -0.15) is 0 Å². The Morgan fingerprint density at radius 3 is 3.15 bits per heavy atom. The Morgan fingerprint density at radius 1 is 1.65 bits per heavy atom. The van der Waals surface area contributed by atoms with Crippen LogP contribution in [0, 0.1) is 5.92 Å². The largest absolute Gasteiger partial charge is 0.384 e. The average molecular weight is 299 g/mol. The number of rotatable bonds is 4. The lowest BCUT2D eigenvalue weighted by Crippen LogP contribution is -2.41. The fourth-order valence-corrected chi connectivity index (χ4v) is 2.63. The Labute approximate surface area is 123 Å². The number of ether oxygens (including phenoxy) is 1. The SMILES string of the molecule is COCC1CCCN(C(=O)c2nc(NN)ccc2Cl)C1. The van der Waals surface area contributed by atoms with Crippen molar-refractivity contribution >= 4 is 23.3 Å². The Morgan fingerprint density at radius 2 is 2.45 bits per heavy atom. The molecule has 1 saturated heterocycles. The van der Waals surface area contributed by atoms with Gasteiger partial charge < -0.3 is 15.1 Å². The summed E-state index contributed by atoms with van der Waals surface area (Å²) >= 11 is 6.06. The zero-order chi connectivity index (χ0) is 14.5. The van der Waals surface area contributed by atoms with Crippen molar-refractivity contribution < 1.29 is 9.53 Å². The molecule has 1 unspecified atom stereocenters. The molecule has 1 aliphatic rings. The molecule has 1 atom stereocenters. The average Bonchev–Trinajstić information content (AvgIpc) is 2.48. The van der Waals surface area contributed by atoms with E-state index in [1.54, 1.807) is 24.1 Å². The second-order valence-corrected chi connectivity index (χ2v) is 5.29. The molecule has 110 valence electrons. The third-order valence-electron chi connectivity index (χ3n) is 3.41. The van der Waals surface area contributed by atoms with Crippen molar-refractivity contribution in [3.63, 3.8) is 0 Å². The molecule has 2 rings (SSSR count). The number of likely N-dealkylation sites (tertiary alicyclic amines) is 1. The molecule has 1 aliphatic heterocycles. The minimum atomic E-state index is -0.159. The molecule has 0 aromatic carbocycles. The quantitative estimate of drug-likeness (QED) is 0.651. The summed E-state index contributed by atoms with van der Waals surface area (Å²) in [5, 5.41) is 0.336. The van der Waals surface area contributed by atoms with Gasteiger partial charge in [-0.1, -0.05) is 11.6 Å². The van der Waals surface area contributed by atoms with Gasteiger partial charge in [0.1, 0.15) is 11.5 Å². The van der Waals surface area contributed by atoms with Crippen molar-refractivity contribution in [1.29, 1.82) is 0 Å². The van der Waals surface area contributed by atoms with E-state index in [2.05, 4.69) is 10.4 Å². The highest BCUT2D eigenvalue weighted by atomic mass is 35.5. The fraction of sp³-hybridized carbons (Fsp3) is 0.538. The number of hydrazine groups is 1. The van der Waals surface area contributed by atoms with Gasteiger partial charge in [0, 0.05) is 20.2 Å². The van der Waals surface area contributed by atoms with Crippen LogP contribution in [0.1, 0.15) is 23.3 Å². The second-order valence-electron chi connectivity index (χ2n) is 4.89. The predicted octanol–water partition coefficient (Wildman–Crippen LogP) is 1.52. The summed E-state index contributed by atoms with van der Waals surface area (Å²) in [6.45, 7) is 2.05. The smallest absolute Gasteiger partial charge is 0.274 e. The molecule has 1 aromatic rings. The normalized spacial score (nSPS) is 18.9. The highest BCUT2D eigenvalue weighted by Crippen LogP contribution is 2.22. The van der Waals surface area contributed by atoms with Crippen LogP contribution in [0.5, 0.6) is 0 Å². The van der Waals surface area contributed by atoms with Crippen LogP contribution in [0.25, 0.3) is 0 Å². The van der Waals surface area contributed by atoms with Crippen LogP contribution in [-0.2, 0) is 4.74 Å². The van der Waals surface area contributed by atoms with E-state index in [9.17, 15) is 4.79 Å². The minimum absolute atomic E-state index is 0.159. The van der Waals surface area contributed by atoms with Crippen molar-refractivity contribution in [1.82, 2.24) is 9.88 Å². The van der Waals surface area contributed by atoms with Gasteiger partial charge in [0.15, 0.2) is 0 Å². The number of carbonyl (C=O) groups excluding carboxylic acids is 1. The number of pyridine rings is 1. The number of halogens is 1. The van der Waals surface area contributed by atoms with Gasteiger partial charge >= 0.3 is 0 Å². The number of anilines is 1. The summed E-state index contributed by atoms with van der Waals surface area (Å²) in [5.74, 6) is 5.94. The molecule has 1 aromatic heterocycles. The maximum Gasteiger partial charge on any atom is 0.274 e. The molecule has 0 radical (unpaired) electrons. The first kappa shape index (κ1) is 15.0. The molecule has 2 heterocycles. The highest BCUT2D eigenvalue weighted by Gasteiger charge is 2.26. The van der Waals surface area contributed by atoms with Crippen LogP contribution in [0.4, 0.5) is 5.82 Å². The summed E-state index contributed by atoms with van der Waals surface area (Å²) in [5.41, 5.74) is 2.66. The summed E-state index contributed by atoms with van der Waals surface area (Å²) in [6, 6.07) is 3.25. The lowest BCUT2D eigenvalue weighted by Gasteiger charge is -2.32. The fourth-order valence-electron chi connectivity index (χ4n) is 2.44. The van der Waals surface area contributed by atoms with Crippen LogP contribution in [0.3, 0.4) is 0 Å². The van der Waals surface area contributed by atoms with Crippen LogP contribution in [0.2, 0.25) is 5.02 Å². The van der Waals surface area contributed by atoms with E-state index >= 15 is 0 Å². The number of methoxy groups -OCH3 is 1. The topological polar surface area (TPSA) is 80.5 Å². The molecule has 1 amide bonds. The van der Waals surface area contributed by atoms with Crippen molar-refractivity contribution in [3.8, 4) is 0 Å². The van der Waals surface area contributed by atoms with Gasteiger partial charge in [-0.05, 0) is 30.9 Å². The molecule has 6 nitrogen and oxygen atoms in total. The first-order chi connectivity index (χ1) is 9.65. The summed E-state index contributed by atoms with van der Waals surface area (Å²) < 4.78 is 5.17. The first-order valence-corrected chi connectivity index (χ1v) is 6.95. The Hall–Kier alpha value is -1.37. The molecular formula is C13H19ClN4O2. The maximum absolute atomic E-state index is 12.5. The van der Waals surface area contributed by atoms with Crippen molar-refractivity contribution in [2.75, 3.05) is 32.2 Å². The zero-order valence-electron chi connectivity index (χ0n) is 11.4. The van der Waals surface area contributed by atoms with E-state index in [1.807, 2.05) is 0 Å². The number of nitrogens with zero attached hydrogens (tertiary/aromatic N) is 2. The first-order valence-electron chi connectivity index (χ1n) is 6.57. The van der Waals surface area contributed by atoms with Gasteiger partial charge in [-0.3, -0.25) is 4.79 Å². The molecular weight excluding hydrogens is 280 g/mol. The molecule has 0 bridgehead atoms. The van der Waals surface area contributed by atoms with Crippen LogP contribution >= 0.6 is 11.6 Å². The van der Waals surface area contributed by atoms with Gasteiger partial charge in [0.2, 0.25) is 0 Å². The van der Waals surface area contributed by atoms with Crippen molar-refractivity contribution in [2.24, 2.45) is 11.8 Å². The second kappa shape index (κ2) is 6.88. The minimum Gasteiger partial charge on any atom is -0.384 e. The van der Waals surface area contributed by atoms with E-state index in [0.717, 1.165) is 19.4 Å². The van der Waals surface area contributed by atoms with Gasteiger partial charge in [0.05, 0.1) is 11.6 Å². The summed E-state index contributed by atoms with van der Waals surface area (Å²) in [6.07, 6.45) is 2.04. The monoisotopic (exact) mass is 298 g/mol. The molecule has 0 spiro atoms. The molecule has 0 aliphatic carbocycles. The summed E-state index contributed by atoms with van der Waals surface area (Å²) in [4.78, 5) is 18.4. The number of piperidine rings is 1. The van der Waals surface area contributed by atoms with E-state index < -0.39 is 0 Å². The van der Waals surface area contributed by atoms with Gasteiger partial charge in [-0.15, -0.1) is 0 Å². The molecule has 3 N–H and O–H groups in total. The predicted molar refractivity (Wildman–Crippen MR) is 77.6 cm³/mol. The number of hydrogen-bond donors (Lipinski definition) is 2. The van der Waals surface area contributed by atoms with Crippen LogP contribution in [-0.4, -0.2) is 42.6 Å². The number of hydrogen-bond acceptors (Lipinski definition) is 5. The van der Waals surface area contributed by atoms with Crippen molar-refractivity contribution in [2.45, 2.75) is 12.8 Å². The zero-order valence-corrected chi connectivity index (χ0v) is 12.2. The van der Waals surface area contributed by atoms with E-state index in [0.29, 0.717) is 29.9 Å². The number of nitrogens with one attached hydrogen (secondary N) is 1. The number of carbonyl (C=O) groups is 1. The molecule has 20 heavy (non-hydrogen) atoms. The number of nitrogen functional groups attached to an aromatic ring is 1. The molecule has 1 fully saturated rings. The Kier molecular flexibility index (Phi) is 5.17. The van der Waals surface area contributed by atoms with Crippen LogP contribution in [0.15, 0.2) is 12.1 Å². The summed E-state index contributed by atoms with van der Waals surface area (Å²) in [7, 11) is 1.68. The van der Waals surface area contributed by atoms with E-state index in [1.165, 1.54) is 0 Å². The lowest BCUT2D eigenvalue weighted by atomic mass is 9.98. The number of aromatic nitrogens is 1. The lowest BCUT2D eigenvalue weighted by molar-refractivity contribution is 0.0566. The third kappa shape index (κ3) is 3.39. The third-order valence-corrected chi connectivity index (χ3v) is 3.71. The Bertz CT molecular complexity index is 481. The Balaban J connectivity index is 2.14. The molecule has 0 saturated carbocycles. The maximum atomic E-state index is 12.5. The van der Waals surface area contributed by atoms with Crippen molar-refractivity contribution in [3.05, 3.63) is 22.8 Å². The highest BCUT2D eigenvalue weighted by molar-refractivity contribution is 6.33. The van der Waals surface area contributed by atoms with E-state index in [4.69, 9.17) is 22.2 Å². The number of nitrogens with two attached hydrogens (primary N) is 1.